The van der Waals surface area contributed by atoms with Gasteiger partial charge in [0.15, 0.2) is 0 Å². The van der Waals surface area contributed by atoms with E-state index < -0.39 is 0 Å². The Morgan fingerprint density at radius 2 is 2.05 bits per heavy atom. The fraction of sp³-hybridized carbons (Fsp3) is 0.611. The van der Waals surface area contributed by atoms with Gasteiger partial charge < -0.3 is 10.4 Å². The lowest BCUT2D eigenvalue weighted by molar-refractivity contribution is -0.123. The van der Waals surface area contributed by atoms with Gasteiger partial charge in [-0.25, -0.2) is 0 Å². The maximum Gasteiger partial charge on any atom is 0.241 e. The normalized spacial score (nSPS) is 22.5. The summed E-state index contributed by atoms with van der Waals surface area (Å²) in [5.41, 5.74) is 3.13. The van der Waals surface area contributed by atoms with Gasteiger partial charge in [0.1, 0.15) is 0 Å². The number of carbonyl (C=O) groups is 1. The molecule has 0 saturated carbocycles. The number of aliphatic hydroxyl groups excluding tert-OH is 1. The van der Waals surface area contributed by atoms with E-state index in [1.807, 2.05) is 32.0 Å². The van der Waals surface area contributed by atoms with Gasteiger partial charge in [-0.05, 0) is 63.2 Å². The molecule has 0 spiro atoms. The van der Waals surface area contributed by atoms with Gasteiger partial charge in [0.05, 0.1) is 6.04 Å². The maximum atomic E-state index is 12.8. The number of benzene rings is 1. The molecule has 0 aromatic heterocycles. The Labute approximate surface area is 133 Å². The first-order chi connectivity index (χ1) is 10.6. The first kappa shape index (κ1) is 17.0. The third kappa shape index (κ3) is 3.87. The average Bonchev–Trinajstić information content (AvgIpc) is 2.51. The van der Waals surface area contributed by atoms with Gasteiger partial charge in [-0.3, -0.25) is 9.69 Å². The molecule has 0 aliphatic carbocycles. The lowest BCUT2D eigenvalue weighted by Crippen LogP contribution is -2.49. The van der Waals surface area contributed by atoms with E-state index in [2.05, 4.69) is 17.1 Å². The highest BCUT2D eigenvalue weighted by Crippen LogP contribution is 2.27. The lowest BCUT2D eigenvalue weighted by atomic mass is 9.88. The summed E-state index contributed by atoms with van der Waals surface area (Å²) in [7, 11) is 0. The van der Waals surface area contributed by atoms with E-state index in [9.17, 15) is 4.79 Å². The minimum atomic E-state index is -0.0886. The minimum absolute atomic E-state index is 0.0851. The Balaban J connectivity index is 2.11. The van der Waals surface area contributed by atoms with E-state index in [0.717, 1.165) is 49.2 Å². The average molecular weight is 304 g/mol. The van der Waals surface area contributed by atoms with Gasteiger partial charge in [0.25, 0.3) is 0 Å². The third-order valence-electron chi connectivity index (χ3n) is 4.80. The number of para-hydroxylation sites is 1. The van der Waals surface area contributed by atoms with Crippen molar-refractivity contribution < 1.29 is 9.90 Å². The van der Waals surface area contributed by atoms with Crippen molar-refractivity contribution in [2.24, 2.45) is 5.92 Å². The number of carbonyl (C=O) groups excluding carboxylic acids is 1. The van der Waals surface area contributed by atoms with Crippen LogP contribution < -0.4 is 5.32 Å². The third-order valence-corrected chi connectivity index (χ3v) is 4.80. The number of aryl methyl sites for hydroxylation is 2. The Bertz CT molecular complexity index is 496. The highest BCUT2D eigenvalue weighted by Gasteiger charge is 2.32. The topological polar surface area (TPSA) is 52.6 Å². The standard InChI is InChI=1S/C18H28N2O2/c1-4-20-10-8-15(9-11-21)12-16(20)18(22)19-17-13(2)6-5-7-14(17)3/h5-7,15-16,21H,4,8-12H2,1-3H3,(H,19,22)/t15?,16-/m0/s1. The Hall–Kier alpha value is -1.39. The summed E-state index contributed by atoms with van der Waals surface area (Å²) in [5.74, 6) is 0.531. The number of anilines is 1. The van der Waals surface area contributed by atoms with Crippen molar-refractivity contribution >= 4 is 11.6 Å². The van der Waals surface area contributed by atoms with Crippen LogP contribution in [0.25, 0.3) is 0 Å². The maximum absolute atomic E-state index is 12.8. The van der Waals surface area contributed by atoms with Gasteiger partial charge in [0.2, 0.25) is 5.91 Å². The molecule has 1 amide bonds. The van der Waals surface area contributed by atoms with Crippen LogP contribution in [0.5, 0.6) is 0 Å². The van der Waals surface area contributed by atoms with Crippen molar-refractivity contribution in [3.63, 3.8) is 0 Å². The second kappa shape index (κ2) is 7.75. The number of likely N-dealkylation sites (N-methyl/N-ethyl adjacent to an activating group) is 1. The molecule has 1 heterocycles. The van der Waals surface area contributed by atoms with E-state index >= 15 is 0 Å². The van der Waals surface area contributed by atoms with Crippen LogP contribution in [-0.4, -0.2) is 41.7 Å². The number of amides is 1. The van der Waals surface area contributed by atoms with Crippen molar-refractivity contribution in [1.82, 2.24) is 4.90 Å². The first-order valence-corrected chi connectivity index (χ1v) is 8.28. The summed E-state index contributed by atoms with van der Waals surface area (Å²) in [6.07, 6.45) is 2.71. The number of nitrogens with one attached hydrogen (secondary N) is 1. The fourth-order valence-electron chi connectivity index (χ4n) is 3.40. The van der Waals surface area contributed by atoms with Crippen LogP contribution in [0.3, 0.4) is 0 Å². The number of aliphatic hydroxyl groups is 1. The summed E-state index contributed by atoms with van der Waals surface area (Å²) in [6, 6.07) is 5.97. The fourth-order valence-corrected chi connectivity index (χ4v) is 3.40. The second-order valence-corrected chi connectivity index (χ2v) is 6.30. The summed E-state index contributed by atoms with van der Waals surface area (Å²) in [6.45, 7) is 8.18. The Morgan fingerprint density at radius 1 is 1.36 bits per heavy atom. The zero-order valence-electron chi connectivity index (χ0n) is 13.9. The predicted molar refractivity (Wildman–Crippen MR) is 90.0 cm³/mol. The molecule has 1 saturated heterocycles. The van der Waals surface area contributed by atoms with Crippen LogP contribution >= 0.6 is 0 Å². The molecule has 2 atom stereocenters. The molecule has 0 bridgehead atoms. The summed E-state index contributed by atoms with van der Waals surface area (Å²) < 4.78 is 0. The number of hydrogen-bond donors (Lipinski definition) is 2. The van der Waals surface area contributed by atoms with Crippen LogP contribution in [0, 0.1) is 19.8 Å². The van der Waals surface area contributed by atoms with Crippen LogP contribution in [0.4, 0.5) is 5.69 Å². The molecule has 1 fully saturated rings. The zero-order chi connectivity index (χ0) is 16.1. The molecule has 1 aromatic rings. The molecule has 2 N–H and O–H groups in total. The van der Waals surface area contributed by atoms with Crippen molar-refractivity contribution in [3.05, 3.63) is 29.3 Å². The van der Waals surface area contributed by atoms with E-state index in [1.54, 1.807) is 0 Å². The lowest BCUT2D eigenvalue weighted by Gasteiger charge is -2.38. The summed E-state index contributed by atoms with van der Waals surface area (Å²) >= 11 is 0. The van der Waals surface area contributed by atoms with Crippen molar-refractivity contribution in [2.75, 3.05) is 25.0 Å². The molecule has 1 aliphatic heterocycles. The quantitative estimate of drug-likeness (QED) is 0.879. The number of likely N-dealkylation sites (tertiary alicyclic amines) is 1. The smallest absolute Gasteiger partial charge is 0.241 e. The van der Waals surface area contributed by atoms with Crippen LogP contribution in [-0.2, 0) is 4.79 Å². The highest BCUT2D eigenvalue weighted by atomic mass is 16.3. The van der Waals surface area contributed by atoms with Crippen molar-refractivity contribution in [3.8, 4) is 0 Å². The van der Waals surface area contributed by atoms with E-state index in [4.69, 9.17) is 5.11 Å². The van der Waals surface area contributed by atoms with E-state index in [1.165, 1.54) is 0 Å². The van der Waals surface area contributed by atoms with Gasteiger partial charge in [0, 0.05) is 12.3 Å². The molecule has 1 aromatic carbocycles. The highest BCUT2D eigenvalue weighted by molar-refractivity contribution is 5.96. The van der Waals surface area contributed by atoms with Crippen LogP contribution in [0.1, 0.15) is 37.3 Å². The zero-order valence-corrected chi connectivity index (χ0v) is 13.9. The van der Waals surface area contributed by atoms with Gasteiger partial charge in [-0.1, -0.05) is 25.1 Å². The van der Waals surface area contributed by atoms with Gasteiger partial charge >= 0.3 is 0 Å². The molecule has 1 aliphatic rings. The Morgan fingerprint density at radius 3 is 2.64 bits per heavy atom. The number of rotatable bonds is 5. The van der Waals surface area contributed by atoms with E-state index in [-0.39, 0.29) is 18.6 Å². The summed E-state index contributed by atoms with van der Waals surface area (Å²) in [4.78, 5) is 15.0. The molecule has 0 radical (unpaired) electrons. The molecule has 1 unspecified atom stereocenters. The SMILES string of the molecule is CCN1CCC(CCO)C[C@H]1C(=O)Nc1c(C)cccc1C. The number of piperidine rings is 1. The second-order valence-electron chi connectivity index (χ2n) is 6.30. The predicted octanol–water partition coefficient (Wildman–Crippen LogP) is 2.72. The van der Waals surface area contributed by atoms with Crippen molar-refractivity contribution in [1.29, 1.82) is 0 Å². The van der Waals surface area contributed by atoms with E-state index in [0.29, 0.717) is 5.92 Å². The molecule has 2 rings (SSSR count). The van der Waals surface area contributed by atoms with Crippen LogP contribution in [0.2, 0.25) is 0 Å². The van der Waals surface area contributed by atoms with Crippen molar-refractivity contribution in [2.45, 2.75) is 46.1 Å². The molecule has 122 valence electrons. The molecule has 22 heavy (non-hydrogen) atoms. The largest absolute Gasteiger partial charge is 0.396 e. The Kier molecular flexibility index (Phi) is 5.98. The number of nitrogens with zero attached hydrogens (tertiary/aromatic N) is 1. The minimum Gasteiger partial charge on any atom is -0.396 e. The van der Waals surface area contributed by atoms with Crippen LogP contribution in [0.15, 0.2) is 18.2 Å². The monoisotopic (exact) mass is 304 g/mol. The van der Waals surface area contributed by atoms with Gasteiger partial charge in [-0.2, -0.15) is 0 Å². The first-order valence-electron chi connectivity index (χ1n) is 8.28. The summed E-state index contributed by atoms with van der Waals surface area (Å²) in [5, 5.41) is 12.3. The van der Waals surface area contributed by atoms with Gasteiger partial charge in [-0.15, -0.1) is 0 Å². The number of hydrogen-bond acceptors (Lipinski definition) is 3. The molecular weight excluding hydrogens is 276 g/mol. The molecular formula is C18H28N2O2. The molecule has 4 nitrogen and oxygen atoms in total. The molecule has 4 heteroatoms.